The van der Waals surface area contributed by atoms with Crippen LogP contribution in [0.4, 0.5) is 0 Å². The molecule has 1 amide bonds. The first kappa shape index (κ1) is 19.4. The molecule has 0 spiro atoms. The number of carbonyl (C=O) groups excluding carboxylic acids is 1. The molecule has 5 nitrogen and oxygen atoms in total. The van der Waals surface area contributed by atoms with Gasteiger partial charge in [-0.15, -0.1) is 24.8 Å². The van der Waals surface area contributed by atoms with Crippen LogP contribution < -0.4 is 11.1 Å². The summed E-state index contributed by atoms with van der Waals surface area (Å²) in [6.07, 6.45) is 5.84. The van der Waals surface area contributed by atoms with E-state index in [1.807, 2.05) is 41.1 Å². The van der Waals surface area contributed by atoms with Gasteiger partial charge in [0.2, 0.25) is 5.91 Å². The number of halogens is 2. The molecular formula is C14H20Cl2N4O. The van der Waals surface area contributed by atoms with Gasteiger partial charge in [0.05, 0.1) is 12.4 Å². The molecule has 116 valence electrons. The third-order valence-corrected chi connectivity index (χ3v) is 2.86. The lowest BCUT2D eigenvalue weighted by Crippen LogP contribution is -2.43. The quantitative estimate of drug-likeness (QED) is 0.841. The predicted octanol–water partition coefficient (Wildman–Crippen LogP) is 1.41. The van der Waals surface area contributed by atoms with E-state index in [0.717, 1.165) is 5.56 Å². The van der Waals surface area contributed by atoms with Crippen molar-refractivity contribution in [2.24, 2.45) is 5.73 Å². The molecule has 7 heteroatoms. The Morgan fingerprint density at radius 3 is 2.62 bits per heavy atom. The van der Waals surface area contributed by atoms with Gasteiger partial charge in [-0.3, -0.25) is 4.79 Å². The van der Waals surface area contributed by atoms with Crippen LogP contribution >= 0.6 is 24.8 Å². The van der Waals surface area contributed by atoms with E-state index in [-0.39, 0.29) is 30.7 Å². The van der Waals surface area contributed by atoms with Gasteiger partial charge in [-0.2, -0.15) is 0 Å². The monoisotopic (exact) mass is 330 g/mol. The standard InChI is InChI=1S/C14H18N4O.2ClH/c15-13(10-12-4-2-1-3-5-12)14(19)17-7-9-18-8-6-16-11-18;;/h1-6,8,11,13H,7,9-10,15H2,(H,17,19);2*1H. The highest BCUT2D eigenvalue weighted by Crippen LogP contribution is 2.01. The third kappa shape index (κ3) is 6.62. The summed E-state index contributed by atoms with van der Waals surface area (Å²) in [5, 5.41) is 2.83. The molecule has 21 heavy (non-hydrogen) atoms. The maximum atomic E-state index is 11.8. The van der Waals surface area contributed by atoms with Gasteiger partial charge in [0.25, 0.3) is 0 Å². The fraction of sp³-hybridized carbons (Fsp3) is 0.286. The van der Waals surface area contributed by atoms with E-state index in [1.165, 1.54) is 0 Å². The average molecular weight is 331 g/mol. The van der Waals surface area contributed by atoms with E-state index >= 15 is 0 Å². The number of aromatic nitrogens is 2. The maximum Gasteiger partial charge on any atom is 0.237 e. The molecule has 1 aromatic carbocycles. The van der Waals surface area contributed by atoms with Crippen LogP contribution in [0.3, 0.4) is 0 Å². The van der Waals surface area contributed by atoms with Crippen molar-refractivity contribution in [3.8, 4) is 0 Å². The summed E-state index contributed by atoms with van der Waals surface area (Å²) in [4.78, 5) is 15.8. The molecule has 1 unspecified atom stereocenters. The van der Waals surface area contributed by atoms with Crippen LogP contribution in [0.25, 0.3) is 0 Å². The number of nitrogens with two attached hydrogens (primary N) is 1. The fourth-order valence-electron chi connectivity index (χ4n) is 1.82. The minimum Gasteiger partial charge on any atom is -0.353 e. The van der Waals surface area contributed by atoms with E-state index in [9.17, 15) is 4.79 Å². The Balaban J connectivity index is 0.00000200. The van der Waals surface area contributed by atoms with Crippen LogP contribution in [0.2, 0.25) is 0 Å². The fourth-order valence-corrected chi connectivity index (χ4v) is 1.82. The van der Waals surface area contributed by atoms with E-state index in [1.54, 1.807) is 12.5 Å². The third-order valence-electron chi connectivity index (χ3n) is 2.86. The van der Waals surface area contributed by atoms with Crippen LogP contribution in [0.1, 0.15) is 5.56 Å². The van der Waals surface area contributed by atoms with Crippen LogP contribution in [0, 0.1) is 0 Å². The second-order valence-electron chi connectivity index (χ2n) is 4.39. The molecule has 0 aliphatic carbocycles. The molecule has 0 radical (unpaired) electrons. The van der Waals surface area contributed by atoms with Gasteiger partial charge in [0.1, 0.15) is 0 Å². The SMILES string of the molecule is Cl.Cl.NC(Cc1ccccc1)C(=O)NCCn1ccnc1. The van der Waals surface area contributed by atoms with Crippen molar-refractivity contribution in [1.82, 2.24) is 14.9 Å². The van der Waals surface area contributed by atoms with Crippen LogP contribution in [-0.2, 0) is 17.8 Å². The smallest absolute Gasteiger partial charge is 0.237 e. The van der Waals surface area contributed by atoms with Crippen LogP contribution in [0.5, 0.6) is 0 Å². The van der Waals surface area contributed by atoms with Crippen molar-refractivity contribution in [3.05, 3.63) is 54.6 Å². The number of carbonyl (C=O) groups is 1. The Hall–Kier alpha value is -1.56. The zero-order chi connectivity index (χ0) is 13.5. The molecule has 0 saturated carbocycles. The number of amides is 1. The van der Waals surface area contributed by atoms with Crippen molar-refractivity contribution >= 4 is 30.7 Å². The first-order valence-corrected chi connectivity index (χ1v) is 6.28. The van der Waals surface area contributed by atoms with Crippen molar-refractivity contribution in [1.29, 1.82) is 0 Å². The van der Waals surface area contributed by atoms with Gasteiger partial charge >= 0.3 is 0 Å². The average Bonchev–Trinajstić information content (AvgIpc) is 2.93. The summed E-state index contributed by atoms with van der Waals surface area (Å²) in [6, 6.07) is 9.26. The van der Waals surface area contributed by atoms with Gasteiger partial charge in [0.15, 0.2) is 0 Å². The van der Waals surface area contributed by atoms with E-state index in [2.05, 4.69) is 10.3 Å². The highest BCUT2D eigenvalue weighted by molar-refractivity contribution is 5.85. The number of hydrogen-bond donors (Lipinski definition) is 2. The number of hydrogen-bond acceptors (Lipinski definition) is 3. The lowest BCUT2D eigenvalue weighted by atomic mass is 10.1. The summed E-state index contributed by atoms with van der Waals surface area (Å²) < 4.78 is 1.91. The molecule has 3 N–H and O–H groups in total. The summed E-state index contributed by atoms with van der Waals surface area (Å²) >= 11 is 0. The predicted molar refractivity (Wildman–Crippen MR) is 87.9 cm³/mol. The lowest BCUT2D eigenvalue weighted by molar-refractivity contribution is -0.122. The molecule has 2 rings (SSSR count). The molecule has 0 aliphatic heterocycles. The van der Waals surface area contributed by atoms with Gasteiger partial charge < -0.3 is 15.6 Å². The summed E-state index contributed by atoms with van der Waals surface area (Å²) in [5.74, 6) is -0.121. The number of imidazole rings is 1. The van der Waals surface area contributed by atoms with Gasteiger partial charge in [-0.1, -0.05) is 30.3 Å². The zero-order valence-corrected chi connectivity index (χ0v) is 13.1. The van der Waals surface area contributed by atoms with E-state index in [0.29, 0.717) is 19.5 Å². The second-order valence-corrected chi connectivity index (χ2v) is 4.39. The van der Waals surface area contributed by atoms with E-state index < -0.39 is 6.04 Å². The summed E-state index contributed by atoms with van der Waals surface area (Å²) in [7, 11) is 0. The highest BCUT2D eigenvalue weighted by Gasteiger charge is 2.13. The zero-order valence-electron chi connectivity index (χ0n) is 11.5. The van der Waals surface area contributed by atoms with Gasteiger partial charge in [-0.05, 0) is 12.0 Å². The molecule has 1 aromatic heterocycles. The molecule has 1 heterocycles. The maximum absolute atomic E-state index is 11.8. The molecule has 0 aliphatic rings. The topological polar surface area (TPSA) is 72.9 Å². The van der Waals surface area contributed by atoms with Crippen molar-refractivity contribution in [2.75, 3.05) is 6.54 Å². The number of benzene rings is 1. The Kier molecular flexibility index (Phi) is 9.45. The minimum atomic E-state index is -0.509. The Bertz CT molecular complexity index is 505. The van der Waals surface area contributed by atoms with E-state index in [4.69, 9.17) is 5.73 Å². The Labute approximate surface area is 136 Å². The first-order valence-electron chi connectivity index (χ1n) is 6.28. The number of rotatable bonds is 6. The summed E-state index contributed by atoms with van der Waals surface area (Å²) in [6.45, 7) is 1.25. The van der Waals surface area contributed by atoms with Crippen LogP contribution in [0.15, 0.2) is 49.1 Å². The minimum absolute atomic E-state index is 0. The Morgan fingerprint density at radius 1 is 1.29 bits per heavy atom. The normalized spacial score (nSPS) is 10.9. The van der Waals surface area contributed by atoms with Gasteiger partial charge in [0, 0.05) is 25.5 Å². The highest BCUT2D eigenvalue weighted by atomic mass is 35.5. The van der Waals surface area contributed by atoms with Crippen molar-refractivity contribution in [3.63, 3.8) is 0 Å². The molecule has 0 saturated heterocycles. The first-order chi connectivity index (χ1) is 9.25. The number of nitrogens with one attached hydrogen (secondary N) is 1. The molecular weight excluding hydrogens is 311 g/mol. The Morgan fingerprint density at radius 2 is 2.00 bits per heavy atom. The second kappa shape index (κ2) is 10.2. The van der Waals surface area contributed by atoms with Crippen molar-refractivity contribution < 1.29 is 4.79 Å². The van der Waals surface area contributed by atoms with Crippen LogP contribution in [-0.4, -0.2) is 28.0 Å². The largest absolute Gasteiger partial charge is 0.353 e. The number of nitrogens with zero attached hydrogens (tertiary/aromatic N) is 2. The molecule has 2 aromatic rings. The molecule has 0 bridgehead atoms. The van der Waals surface area contributed by atoms with Crippen molar-refractivity contribution in [2.45, 2.75) is 19.0 Å². The van der Waals surface area contributed by atoms with Gasteiger partial charge in [-0.25, -0.2) is 4.98 Å². The summed E-state index contributed by atoms with van der Waals surface area (Å²) in [5.41, 5.74) is 6.95. The lowest BCUT2D eigenvalue weighted by Gasteiger charge is -2.12. The molecule has 1 atom stereocenters. The molecule has 0 fully saturated rings.